The van der Waals surface area contributed by atoms with E-state index in [0.717, 1.165) is 18.8 Å². The molecule has 1 heterocycles. The molecule has 0 saturated heterocycles. The molecule has 2 atom stereocenters. The Morgan fingerprint density at radius 3 is 2.60 bits per heavy atom. The van der Waals surface area contributed by atoms with Crippen molar-refractivity contribution in [2.45, 2.75) is 89.9 Å². The quantitative estimate of drug-likeness (QED) is 0.425. The Bertz CT molecular complexity index is 672. The Labute approximate surface area is 184 Å². The molecule has 1 aliphatic rings. The fourth-order valence-corrected chi connectivity index (χ4v) is 4.68. The first kappa shape index (κ1) is 25.0. The zero-order chi connectivity index (χ0) is 22.1. The summed E-state index contributed by atoms with van der Waals surface area (Å²) in [5.74, 6) is 0.806. The van der Waals surface area contributed by atoms with Crippen LogP contribution in [0.1, 0.15) is 88.7 Å². The van der Waals surface area contributed by atoms with Gasteiger partial charge in [-0.05, 0) is 52.5 Å². The molecule has 0 spiro atoms. The normalized spacial score (nSPS) is 17.4. The molecule has 170 valence electrons. The first-order valence-corrected chi connectivity index (χ1v) is 12.3. The Kier molecular flexibility index (Phi) is 9.91. The third kappa shape index (κ3) is 7.75. The van der Waals surface area contributed by atoms with E-state index >= 15 is 0 Å². The summed E-state index contributed by atoms with van der Waals surface area (Å²) < 4.78 is 26.3. The smallest absolute Gasteiger partial charge is 0.339 e. The number of aromatic nitrogens is 1. The number of nitrogens with zero attached hydrogens (tertiary/aromatic N) is 1. The van der Waals surface area contributed by atoms with Crippen LogP contribution in [0.25, 0.3) is 0 Å². The molecule has 30 heavy (non-hydrogen) atoms. The fraction of sp³-hybridized carbons (Fsp3) is 0.739. The van der Waals surface area contributed by atoms with E-state index in [2.05, 4.69) is 9.71 Å². The van der Waals surface area contributed by atoms with E-state index < -0.39 is 11.4 Å². The van der Waals surface area contributed by atoms with Crippen LogP contribution in [0.5, 0.6) is 5.88 Å². The Morgan fingerprint density at radius 1 is 1.30 bits per heavy atom. The highest BCUT2D eigenvalue weighted by molar-refractivity contribution is 7.90. The van der Waals surface area contributed by atoms with Crippen LogP contribution in [-0.4, -0.2) is 40.0 Å². The van der Waals surface area contributed by atoms with Crippen molar-refractivity contribution in [2.24, 2.45) is 5.92 Å². The number of rotatable bonds is 10. The molecule has 7 heteroatoms. The summed E-state index contributed by atoms with van der Waals surface area (Å²) in [6.45, 7) is 7.98. The highest BCUT2D eigenvalue weighted by Gasteiger charge is 2.31. The van der Waals surface area contributed by atoms with Gasteiger partial charge in [-0.2, -0.15) is 0 Å². The first-order valence-electron chi connectivity index (χ1n) is 11.1. The number of hydrogen-bond donors (Lipinski definition) is 1. The molecule has 0 aliphatic heterocycles. The molecule has 6 nitrogen and oxygen atoms in total. The van der Waals surface area contributed by atoms with Crippen molar-refractivity contribution in [3.8, 4) is 5.88 Å². The Morgan fingerprint density at radius 2 is 2.00 bits per heavy atom. The van der Waals surface area contributed by atoms with Gasteiger partial charge in [-0.15, -0.1) is 4.72 Å². The molecule has 0 aromatic carbocycles. The maximum atomic E-state index is 12.8. The summed E-state index contributed by atoms with van der Waals surface area (Å²) in [4.78, 5) is 17.0. The molecule has 0 radical (unpaired) electrons. The van der Waals surface area contributed by atoms with Gasteiger partial charge in [0.1, 0.15) is 4.75 Å². The largest absolute Gasteiger partial charge is 0.598 e. The molecular weight excluding hydrogens is 400 g/mol. The number of esters is 1. The van der Waals surface area contributed by atoms with Crippen molar-refractivity contribution in [2.75, 3.05) is 13.7 Å². The molecule has 1 saturated carbocycles. The van der Waals surface area contributed by atoms with Crippen LogP contribution in [0.4, 0.5) is 0 Å². The minimum atomic E-state index is -1.20. The van der Waals surface area contributed by atoms with Crippen LogP contribution in [0.15, 0.2) is 12.1 Å². The number of methoxy groups -OCH3 is 1. The topological polar surface area (TPSA) is 83.5 Å². The van der Waals surface area contributed by atoms with Crippen LogP contribution in [-0.2, 0) is 22.5 Å². The van der Waals surface area contributed by atoms with Crippen LogP contribution in [0.3, 0.4) is 0 Å². The van der Waals surface area contributed by atoms with E-state index in [1.54, 1.807) is 26.2 Å². The predicted octanol–water partition coefficient (Wildman–Crippen LogP) is 4.59. The monoisotopic (exact) mass is 438 g/mol. The van der Waals surface area contributed by atoms with Gasteiger partial charge in [-0.1, -0.05) is 32.1 Å². The molecule has 1 aromatic heterocycles. The minimum absolute atomic E-state index is 0.0419. The van der Waals surface area contributed by atoms with Crippen molar-refractivity contribution < 1.29 is 18.8 Å². The van der Waals surface area contributed by atoms with E-state index in [9.17, 15) is 9.35 Å². The lowest BCUT2D eigenvalue weighted by molar-refractivity contribution is 0.0524. The fourth-order valence-electron chi connectivity index (χ4n) is 3.82. The molecule has 1 aromatic rings. The SMILES string of the molecule is CCOC(=O)c1ccc(OC)nc1CC(CCC1CCCCC1)N[S+]([O-])C(C)(C)C. The zero-order valence-corrected chi connectivity index (χ0v) is 20.0. The number of pyridine rings is 1. The Balaban J connectivity index is 2.20. The van der Waals surface area contributed by atoms with Crippen molar-refractivity contribution in [1.29, 1.82) is 0 Å². The molecular formula is C23H38N2O4S. The molecule has 2 rings (SSSR count). The standard InChI is InChI=1S/C23H38N2O4S/c1-6-29-22(26)19-14-15-21(28-5)24-20(19)16-18(25-30(27)23(2,3)4)13-12-17-10-8-7-9-11-17/h14-15,17-18,25H,6-13,16H2,1-5H3. The highest BCUT2D eigenvalue weighted by atomic mass is 32.2. The van der Waals surface area contributed by atoms with Crippen LogP contribution < -0.4 is 9.46 Å². The van der Waals surface area contributed by atoms with Gasteiger partial charge in [0.2, 0.25) is 5.88 Å². The lowest BCUT2D eigenvalue weighted by atomic mass is 9.85. The molecule has 1 aliphatic carbocycles. The Hall–Kier alpha value is -1.31. The number of hydrogen-bond acceptors (Lipinski definition) is 6. The maximum absolute atomic E-state index is 12.8. The van der Waals surface area contributed by atoms with Gasteiger partial charge in [0.05, 0.1) is 31.0 Å². The van der Waals surface area contributed by atoms with Crippen LogP contribution >= 0.6 is 0 Å². The number of nitrogens with one attached hydrogen (secondary N) is 1. The van der Waals surface area contributed by atoms with Crippen molar-refractivity contribution >= 4 is 17.3 Å². The molecule has 0 bridgehead atoms. The van der Waals surface area contributed by atoms with Crippen molar-refractivity contribution in [3.05, 3.63) is 23.4 Å². The van der Waals surface area contributed by atoms with Gasteiger partial charge in [0, 0.05) is 23.8 Å². The lowest BCUT2D eigenvalue weighted by Gasteiger charge is -2.29. The third-order valence-corrected chi connectivity index (χ3v) is 7.23. The van der Waals surface area contributed by atoms with Gasteiger partial charge < -0.3 is 14.0 Å². The summed E-state index contributed by atoms with van der Waals surface area (Å²) in [6.07, 6.45) is 9.00. The molecule has 0 amide bonds. The van der Waals surface area contributed by atoms with Crippen molar-refractivity contribution in [3.63, 3.8) is 0 Å². The second-order valence-electron chi connectivity index (χ2n) is 9.05. The van der Waals surface area contributed by atoms with E-state index in [1.165, 1.54) is 32.1 Å². The predicted molar refractivity (Wildman–Crippen MR) is 121 cm³/mol. The third-order valence-electron chi connectivity index (χ3n) is 5.57. The zero-order valence-electron chi connectivity index (χ0n) is 19.2. The van der Waals surface area contributed by atoms with E-state index in [-0.39, 0.29) is 16.8 Å². The number of ether oxygens (including phenoxy) is 2. The van der Waals surface area contributed by atoms with E-state index in [0.29, 0.717) is 30.2 Å². The molecule has 1 N–H and O–H groups in total. The van der Waals surface area contributed by atoms with E-state index in [1.807, 2.05) is 20.8 Å². The summed E-state index contributed by atoms with van der Waals surface area (Å²) >= 11 is -1.20. The second kappa shape index (κ2) is 11.9. The maximum Gasteiger partial charge on any atom is 0.339 e. The lowest BCUT2D eigenvalue weighted by Crippen LogP contribution is -2.46. The van der Waals surface area contributed by atoms with Crippen molar-refractivity contribution in [1.82, 2.24) is 9.71 Å². The molecule has 2 unspecified atom stereocenters. The summed E-state index contributed by atoms with van der Waals surface area (Å²) in [6, 6.07) is 3.34. The van der Waals surface area contributed by atoms with E-state index in [4.69, 9.17) is 9.47 Å². The van der Waals surface area contributed by atoms with Gasteiger partial charge >= 0.3 is 5.97 Å². The highest BCUT2D eigenvalue weighted by Crippen LogP contribution is 2.29. The van der Waals surface area contributed by atoms with Gasteiger partial charge in [0.15, 0.2) is 0 Å². The van der Waals surface area contributed by atoms with Gasteiger partial charge in [0.25, 0.3) is 0 Å². The number of carbonyl (C=O) groups is 1. The first-order chi connectivity index (χ1) is 14.2. The summed E-state index contributed by atoms with van der Waals surface area (Å²) in [5.41, 5.74) is 1.07. The molecule has 1 fully saturated rings. The average molecular weight is 439 g/mol. The number of carbonyl (C=O) groups excluding carboxylic acids is 1. The van der Waals surface area contributed by atoms with Crippen LogP contribution in [0, 0.1) is 5.92 Å². The summed E-state index contributed by atoms with van der Waals surface area (Å²) in [7, 11) is 1.56. The summed E-state index contributed by atoms with van der Waals surface area (Å²) in [5, 5.41) is 0. The van der Waals surface area contributed by atoms with Gasteiger partial charge in [-0.3, -0.25) is 0 Å². The van der Waals surface area contributed by atoms with Crippen LogP contribution in [0.2, 0.25) is 0 Å². The average Bonchev–Trinajstić information content (AvgIpc) is 2.72. The minimum Gasteiger partial charge on any atom is -0.598 e. The van der Waals surface area contributed by atoms with Gasteiger partial charge in [-0.25, -0.2) is 9.78 Å². The second-order valence-corrected chi connectivity index (χ2v) is 11.0.